The van der Waals surface area contributed by atoms with E-state index in [2.05, 4.69) is 0 Å². The van der Waals surface area contributed by atoms with Crippen LogP contribution in [0.15, 0.2) is 36.5 Å². The number of esters is 1. The van der Waals surface area contributed by atoms with E-state index in [0.29, 0.717) is 16.2 Å². The van der Waals surface area contributed by atoms with Crippen molar-refractivity contribution < 1.29 is 24.0 Å². The van der Waals surface area contributed by atoms with Gasteiger partial charge in [-0.15, -0.1) is 0 Å². The van der Waals surface area contributed by atoms with Crippen LogP contribution >= 0.6 is 0 Å². The summed E-state index contributed by atoms with van der Waals surface area (Å²) in [6.45, 7) is 5.11. The summed E-state index contributed by atoms with van der Waals surface area (Å²) in [5.41, 5.74) is -0.612. The number of carbonyl (C=O) groups is 2. The van der Waals surface area contributed by atoms with Gasteiger partial charge in [-0.05, 0) is 32.2 Å². The second kappa shape index (κ2) is 6.39. The number of benzene rings is 2. The second-order valence-corrected chi connectivity index (χ2v) is 6.98. The number of aromatic nitrogens is 1. The van der Waals surface area contributed by atoms with Crippen molar-refractivity contribution >= 4 is 39.4 Å². The third kappa shape index (κ3) is 3.21. The van der Waals surface area contributed by atoms with Gasteiger partial charge in [0.2, 0.25) is 0 Å². The lowest BCUT2D eigenvalue weighted by atomic mass is 10.0. The molecule has 0 atom stereocenters. The zero-order valence-corrected chi connectivity index (χ0v) is 15.3. The minimum absolute atomic E-state index is 0.129. The van der Waals surface area contributed by atoms with Crippen LogP contribution in [0.3, 0.4) is 0 Å². The van der Waals surface area contributed by atoms with E-state index in [1.54, 1.807) is 45.0 Å². The lowest BCUT2D eigenvalue weighted by Gasteiger charge is -2.19. The smallest absolute Gasteiger partial charge is 0.419 e. The fraction of sp³-hybridized carbons (Fsp3) is 0.263. The van der Waals surface area contributed by atoms with Crippen molar-refractivity contribution in [1.82, 2.24) is 4.57 Å². The molecule has 0 radical (unpaired) electrons. The summed E-state index contributed by atoms with van der Waals surface area (Å²) < 4.78 is 11.3. The van der Waals surface area contributed by atoms with E-state index in [0.717, 1.165) is 4.57 Å². The number of non-ortho nitro benzene ring substituents is 1. The highest BCUT2D eigenvalue weighted by molar-refractivity contribution is 6.19. The minimum atomic E-state index is -0.776. The third-order valence-electron chi connectivity index (χ3n) is 3.98. The van der Waals surface area contributed by atoms with Crippen LogP contribution in [0, 0.1) is 10.1 Å². The fourth-order valence-electron chi connectivity index (χ4n) is 2.96. The van der Waals surface area contributed by atoms with E-state index in [9.17, 15) is 19.7 Å². The molecule has 0 aliphatic heterocycles. The first kappa shape index (κ1) is 18.4. The zero-order chi connectivity index (χ0) is 19.9. The lowest BCUT2D eigenvalue weighted by molar-refractivity contribution is -0.382. The SMILES string of the molecule is COC(=O)c1cn(C(=O)OC(C)(C)C)c2cc([N+](=O)[O-])c3ccccc3c12. The molecule has 0 N–H and O–H groups in total. The van der Waals surface area contributed by atoms with Crippen molar-refractivity contribution in [2.75, 3.05) is 7.11 Å². The fourth-order valence-corrected chi connectivity index (χ4v) is 2.96. The number of nitro benzene ring substituents is 1. The molecule has 0 saturated carbocycles. The molecule has 8 nitrogen and oxygen atoms in total. The quantitative estimate of drug-likeness (QED) is 0.379. The number of hydrogen-bond donors (Lipinski definition) is 0. The Morgan fingerprint density at radius 2 is 1.78 bits per heavy atom. The molecule has 3 rings (SSSR count). The number of carbonyl (C=O) groups excluding carboxylic acids is 2. The van der Waals surface area contributed by atoms with Gasteiger partial charge in [0.15, 0.2) is 0 Å². The number of fused-ring (bicyclic) bond motifs is 3. The predicted octanol–water partition coefficient (Wildman–Crippen LogP) is 4.27. The van der Waals surface area contributed by atoms with Gasteiger partial charge in [-0.1, -0.05) is 18.2 Å². The van der Waals surface area contributed by atoms with Gasteiger partial charge in [-0.2, -0.15) is 0 Å². The predicted molar refractivity (Wildman–Crippen MR) is 99.1 cm³/mol. The van der Waals surface area contributed by atoms with Crippen LogP contribution in [0.4, 0.5) is 10.5 Å². The molecule has 140 valence electrons. The molecule has 1 heterocycles. The standard InChI is InChI=1S/C19H18N2O6/c1-19(2,3)27-18(23)20-10-13(17(22)26-4)16-12-8-6-5-7-11(12)14(21(24)25)9-15(16)20/h5-10H,1-4H3. The summed E-state index contributed by atoms with van der Waals surface area (Å²) in [4.78, 5) is 36.0. The number of hydrogen-bond acceptors (Lipinski definition) is 6. The molecule has 2 aromatic carbocycles. The number of methoxy groups -OCH3 is 1. The molecule has 0 aliphatic rings. The molecule has 0 bridgehead atoms. The van der Waals surface area contributed by atoms with Gasteiger partial charge in [0.1, 0.15) is 5.60 Å². The van der Waals surface area contributed by atoms with Gasteiger partial charge < -0.3 is 9.47 Å². The van der Waals surface area contributed by atoms with E-state index in [4.69, 9.17) is 9.47 Å². The van der Waals surface area contributed by atoms with Gasteiger partial charge in [-0.25, -0.2) is 9.59 Å². The molecule has 27 heavy (non-hydrogen) atoms. The van der Waals surface area contributed by atoms with E-state index >= 15 is 0 Å². The first-order chi connectivity index (χ1) is 12.6. The van der Waals surface area contributed by atoms with E-state index in [1.165, 1.54) is 19.4 Å². The second-order valence-electron chi connectivity index (χ2n) is 6.98. The Morgan fingerprint density at radius 3 is 2.33 bits per heavy atom. The van der Waals surface area contributed by atoms with Crippen LogP contribution in [0.25, 0.3) is 21.7 Å². The monoisotopic (exact) mass is 370 g/mol. The number of rotatable bonds is 2. The Kier molecular flexibility index (Phi) is 4.35. The normalized spacial score (nSPS) is 11.6. The average Bonchev–Trinajstić information content (AvgIpc) is 2.98. The molecule has 8 heteroatoms. The molecule has 1 aromatic heterocycles. The Bertz CT molecular complexity index is 1090. The number of ether oxygens (including phenoxy) is 2. The number of nitro groups is 1. The van der Waals surface area contributed by atoms with Crippen LogP contribution in [-0.2, 0) is 9.47 Å². The van der Waals surface area contributed by atoms with Gasteiger partial charge in [-0.3, -0.25) is 14.7 Å². The van der Waals surface area contributed by atoms with Gasteiger partial charge in [0.05, 0.1) is 28.5 Å². The topological polar surface area (TPSA) is 101 Å². The highest BCUT2D eigenvalue weighted by atomic mass is 16.6. The van der Waals surface area contributed by atoms with Crippen LogP contribution < -0.4 is 0 Å². The summed E-state index contributed by atoms with van der Waals surface area (Å²) in [5, 5.41) is 12.8. The maximum absolute atomic E-state index is 12.6. The molecule has 0 spiro atoms. The Hall–Kier alpha value is -3.42. The maximum Gasteiger partial charge on any atom is 0.419 e. The molecular weight excluding hydrogens is 352 g/mol. The molecular formula is C19H18N2O6. The summed E-state index contributed by atoms with van der Waals surface area (Å²) in [6.07, 6.45) is 0.549. The van der Waals surface area contributed by atoms with Gasteiger partial charge in [0.25, 0.3) is 5.69 Å². The molecule has 0 aliphatic carbocycles. The van der Waals surface area contributed by atoms with Crippen molar-refractivity contribution in [3.8, 4) is 0 Å². The first-order valence-corrected chi connectivity index (χ1v) is 8.17. The molecule has 0 saturated heterocycles. The van der Waals surface area contributed by atoms with Crippen molar-refractivity contribution in [1.29, 1.82) is 0 Å². The van der Waals surface area contributed by atoms with Crippen molar-refractivity contribution in [2.45, 2.75) is 26.4 Å². The Morgan fingerprint density at radius 1 is 1.15 bits per heavy atom. The summed E-state index contributed by atoms with van der Waals surface area (Å²) in [5.74, 6) is -0.652. The van der Waals surface area contributed by atoms with E-state index in [-0.39, 0.29) is 16.8 Å². The van der Waals surface area contributed by atoms with Crippen molar-refractivity contribution in [3.05, 3.63) is 52.2 Å². The van der Waals surface area contributed by atoms with Crippen LogP contribution in [0.2, 0.25) is 0 Å². The van der Waals surface area contributed by atoms with E-state index in [1.807, 2.05) is 0 Å². The summed E-state index contributed by atoms with van der Waals surface area (Å²) >= 11 is 0. The van der Waals surface area contributed by atoms with Crippen LogP contribution in [0.5, 0.6) is 0 Å². The van der Waals surface area contributed by atoms with E-state index < -0.39 is 22.6 Å². The average molecular weight is 370 g/mol. The summed E-state index contributed by atoms with van der Waals surface area (Å²) in [7, 11) is 1.23. The largest absolute Gasteiger partial charge is 0.465 e. The van der Waals surface area contributed by atoms with Crippen LogP contribution in [-0.4, -0.2) is 34.3 Å². The zero-order valence-electron chi connectivity index (χ0n) is 15.3. The van der Waals surface area contributed by atoms with Crippen LogP contribution in [0.1, 0.15) is 31.1 Å². The molecule has 3 aromatic rings. The highest BCUT2D eigenvalue weighted by Crippen LogP contribution is 2.36. The molecule has 0 amide bonds. The van der Waals surface area contributed by atoms with Gasteiger partial charge in [0, 0.05) is 17.6 Å². The van der Waals surface area contributed by atoms with Gasteiger partial charge >= 0.3 is 12.1 Å². The third-order valence-corrected chi connectivity index (χ3v) is 3.98. The van der Waals surface area contributed by atoms with Crippen molar-refractivity contribution in [2.24, 2.45) is 0 Å². The minimum Gasteiger partial charge on any atom is -0.465 e. The Labute approximate surface area is 154 Å². The summed E-state index contributed by atoms with van der Waals surface area (Å²) in [6, 6.07) is 7.91. The maximum atomic E-state index is 12.6. The van der Waals surface area contributed by atoms with Crippen molar-refractivity contribution in [3.63, 3.8) is 0 Å². The molecule has 0 unspecified atom stereocenters. The Balaban J connectivity index is 2.43. The highest BCUT2D eigenvalue weighted by Gasteiger charge is 2.27. The first-order valence-electron chi connectivity index (χ1n) is 8.17. The lowest BCUT2D eigenvalue weighted by Crippen LogP contribution is -2.26. The molecule has 0 fully saturated rings. The number of nitrogens with zero attached hydrogens (tertiary/aromatic N) is 2.